The Kier molecular flexibility index (Phi) is 11.0. The van der Waals surface area contributed by atoms with Gasteiger partial charge in [-0.2, -0.15) is 0 Å². The summed E-state index contributed by atoms with van der Waals surface area (Å²) in [5.41, 5.74) is 0.317. The molecule has 114 valence electrons. The van der Waals surface area contributed by atoms with Gasteiger partial charge in [0.1, 0.15) is 0 Å². The zero-order valence-electron chi connectivity index (χ0n) is 13.6. The number of carbonyl (C=O) groups is 1. The van der Waals surface area contributed by atoms with E-state index in [1.165, 1.54) is 44.9 Å². The van der Waals surface area contributed by atoms with Crippen LogP contribution in [0.25, 0.3) is 0 Å². The Labute approximate surface area is 120 Å². The number of unbranched alkanes of at least 4 members (excludes halogenated alkanes) is 5. The second kappa shape index (κ2) is 11.3. The van der Waals surface area contributed by atoms with Crippen LogP contribution in [-0.2, 0) is 9.53 Å². The number of esters is 1. The molecule has 0 aliphatic carbocycles. The average molecular weight is 270 g/mol. The standard InChI is InChI=1S/C17H34O2/c1-5-8-9-10-11-12-14-17(4,6-2)15-13-16(18)19-7-3/h5-15H2,1-4H3. The Morgan fingerprint density at radius 1 is 0.947 bits per heavy atom. The third-order valence-electron chi connectivity index (χ3n) is 4.23. The zero-order chi connectivity index (χ0) is 14.6. The highest BCUT2D eigenvalue weighted by molar-refractivity contribution is 5.69. The highest BCUT2D eigenvalue weighted by Crippen LogP contribution is 2.33. The maximum atomic E-state index is 11.4. The first-order valence-corrected chi connectivity index (χ1v) is 8.23. The second-order valence-electron chi connectivity index (χ2n) is 5.99. The van der Waals surface area contributed by atoms with Gasteiger partial charge >= 0.3 is 5.97 Å². The molecule has 0 amide bonds. The number of hydrogen-bond donors (Lipinski definition) is 0. The van der Waals surface area contributed by atoms with Crippen molar-refractivity contribution in [2.24, 2.45) is 5.41 Å². The molecular weight excluding hydrogens is 236 g/mol. The lowest BCUT2D eigenvalue weighted by atomic mass is 9.78. The largest absolute Gasteiger partial charge is 0.466 e. The monoisotopic (exact) mass is 270 g/mol. The van der Waals surface area contributed by atoms with E-state index >= 15 is 0 Å². The van der Waals surface area contributed by atoms with E-state index in [-0.39, 0.29) is 5.97 Å². The minimum absolute atomic E-state index is 0.0369. The minimum atomic E-state index is -0.0369. The highest BCUT2D eigenvalue weighted by atomic mass is 16.5. The van der Waals surface area contributed by atoms with Crippen LogP contribution < -0.4 is 0 Å². The van der Waals surface area contributed by atoms with Crippen molar-refractivity contribution in [3.05, 3.63) is 0 Å². The third kappa shape index (κ3) is 9.98. The van der Waals surface area contributed by atoms with Gasteiger partial charge in [0, 0.05) is 6.42 Å². The fourth-order valence-electron chi connectivity index (χ4n) is 2.45. The Hall–Kier alpha value is -0.530. The molecule has 1 unspecified atom stereocenters. The van der Waals surface area contributed by atoms with Gasteiger partial charge < -0.3 is 4.74 Å². The van der Waals surface area contributed by atoms with Crippen LogP contribution in [0.15, 0.2) is 0 Å². The molecule has 0 aromatic heterocycles. The molecule has 2 heteroatoms. The predicted octanol–water partition coefficient (Wildman–Crippen LogP) is 5.50. The quantitative estimate of drug-likeness (QED) is 0.346. The summed E-state index contributed by atoms with van der Waals surface area (Å²) in [5, 5.41) is 0. The Balaban J connectivity index is 3.79. The van der Waals surface area contributed by atoms with E-state index in [1.807, 2.05) is 6.92 Å². The molecule has 2 nitrogen and oxygen atoms in total. The molecule has 0 bridgehead atoms. The number of hydrogen-bond acceptors (Lipinski definition) is 2. The topological polar surface area (TPSA) is 26.3 Å². The van der Waals surface area contributed by atoms with Crippen LogP contribution in [0.2, 0.25) is 0 Å². The maximum absolute atomic E-state index is 11.4. The first-order chi connectivity index (χ1) is 9.08. The van der Waals surface area contributed by atoms with E-state index in [0.29, 0.717) is 18.4 Å². The lowest BCUT2D eigenvalue weighted by Crippen LogP contribution is -2.18. The summed E-state index contributed by atoms with van der Waals surface area (Å²) in [6, 6.07) is 0. The molecular formula is C17H34O2. The summed E-state index contributed by atoms with van der Waals surface area (Å²) in [6.45, 7) is 9.18. The Morgan fingerprint density at radius 3 is 2.16 bits per heavy atom. The molecule has 0 aliphatic heterocycles. The van der Waals surface area contributed by atoms with Crippen LogP contribution in [-0.4, -0.2) is 12.6 Å². The smallest absolute Gasteiger partial charge is 0.305 e. The molecule has 0 fully saturated rings. The van der Waals surface area contributed by atoms with Gasteiger partial charge in [0.05, 0.1) is 6.61 Å². The van der Waals surface area contributed by atoms with Gasteiger partial charge in [-0.25, -0.2) is 0 Å². The van der Waals surface area contributed by atoms with E-state index in [1.54, 1.807) is 0 Å². The number of ether oxygens (including phenoxy) is 1. The van der Waals surface area contributed by atoms with Gasteiger partial charge in [-0.15, -0.1) is 0 Å². The Bertz CT molecular complexity index is 225. The lowest BCUT2D eigenvalue weighted by molar-refractivity contribution is -0.143. The maximum Gasteiger partial charge on any atom is 0.305 e. The normalized spacial score (nSPS) is 14.1. The van der Waals surface area contributed by atoms with Gasteiger partial charge in [0.2, 0.25) is 0 Å². The van der Waals surface area contributed by atoms with Crippen LogP contribution in [0.3, 0.4) is 0 Å². The fourth-order valence-corrected chi connectivity index (χ4v) is 2.45. The van der Waals surface area contributed by atoms with Crippen molar-refractivity contribution < 1.29 is 9.53 Å². The molecule has 0 heterocycles. The van der Waals surface area contributed by atoms with Gasteiger partial charge in [0.25, 0.3) is 0 Å². The molecule has 0 aliphatic rings. The lowest BCUT2D eigenvalue weighted by Gasteiger charge is -2.28. The molecule has 0 N–H and O–H groups in total. The second-order valence-corrected chi connectivity index (χ2v) is 5.99. The average Bonchev–Trinajstić information content (AvgIpc) is 2.41. The summed E-state index contributed by atoms with van der Waals surface area (Å²) < 4.78 is 5.01. The molecule has 0 saturated heterocycles. The van der Waals surface area contributed by atoms with Crippen LogP contribution in [0.5, 0.6) is 0 Å². The first-order valence-electron chi connectivity index (χ1n) is 8.23. The summed E-state index contributed by atoms with van der Waals surface area (Å²) in [4.78, 5) is 11.4. The van der Waals surface area contributed by atoms with Crippen LogP contribution in [0.1, 0.15) is 91.9 Å². The van der Waals surface area contributed by atoms with E-state index in [0.717, 1.165) is 12.8 Å². The van der Waals surface area contributed by atoms with Crippen molar-refractivity contribution in [2.75, 3.05) is 6.61 Å². The molecule has 0 radical (unpaired) electrons. The summed E-state index contributed by atoms with van der Waals surface area (Å²) >= 11 is 0. The van der Waals surface area contributed by atoms with Crippen LogP contribution in [0, 0.1) is 5.41 Å². The van der Waals surface area contributed by atoms with Crippen LogP contribution >= 0.6 is 0 Å². The van der Waals surface area contributed by atoms with Crippen LogP contribution in [0.4, 0.5) is 0 Å². The molecule has 1 atom stereocenters. The van der Waals surface area contributed by atoms with Crippen molar-refractivity contribution in [2.45, 2.75) is 91.9 Å². The fraction of sp³-hybridized carbons (Fsp3) is 0.941. The van der Waals surface area contributed by atoms with Gasteiger partial charge in [0.15, 0.2) is 0 Å². The summed E-state index contributed by atoms with van der Waals surface area (Å²) in [5.74, 6) is -0.0369. The molecule has 0 spiro atoms. The Morgan fingerprint density at radius 2 is 1.58 bits per heavy atom. The first kappa shape index (κ1) is 18.5. The summed E-state index contributed by atoms with van der Waals surface area (Å²) in [6.07, 6.45) is 12.0. The molecule has 0 aromatic carbocycles. The van der Waals surface area contributed by atoms with Gasteiger partial charge in [-0.1, -0.05) is 65.7 Å². The van der Waals surface area contributed by atoms with E-state index < -0.39 is 0 Å². The van der Waals surface area contributed by atoms with Crippen molar-refractivity contribution in [1.29, 1.82) is 0 Å². The van der Waals surface area contributed by atoms with E-state index in [4.69, 9.17) is 4.74 Å². The molecule has 0 rings (SSSR count). The molecule has 0 aromatic rings. The van der Waals surface area contributed by atoms with Crippen molar-refractivity contribution in [3.63, 3.8) is 0 Å². The number of rotatable bonds is 12. The van der Waals surface area contributed by atoms with Gasteiger partial charge in [-0.05, 0) is 25.2 Å². The van der Waals surface area contributed by atoms with Crippen molar-refractivity contribution in [1.82, 2.24) is 0 Å². The van der Waals surface area contributed by atoms with E-state index in [9.17, 15) is 4.79 Å². The number of carbonyl (C=O) groups excluding carboxylic acids is 1. The minimum Gasteiger partial charge on any atom is -0.466 e. The van der Waals surface area contributed by atoms with Crippen molar-refractivity contribution in [3.8, 4) is 0 Å². The molecule has 19 heavy (non-hydrogen) atoms. The third-order valence-corrected chi connectivity index (χ3v) is 4.23. The van der Waals surface area contributed by atoms with Crippen molar-refractivity contribution >= 4 is 5.97 Å². The summed E-state index contributed by atoms with van der Waals surface area (Å²) in [7, 11) is 0. The van der Waals surface area contributed by atoms with E-state index in [2.05, 4.69) is 20.8 Å². The van der Waals surface area contributed by atoms with Gasteiger partial charge in [-0.3, -0.25) is 4.79 Å². The SMILES string of the molecule is CCCCCCCCC(C)(CC)CCC(=O)OCC. The highest BCUT2D eigenvalue weighted by Gasteiger charge is 2.22. The molecule has 0 saturated carbocycles. The zero-order valence-corrected chi connectivity index (χ0v) is 13.6. The predicted molar refractivity (Wildman–Crippen MR) is 82.3 cm³/mol.